The molecule has 2 saturated heterocycles. The van der Waals surface area contributed by atoms with Gasteiger partial charge < -0.3 is 15.1 Å². The average molecular weight is 197 g/mol. The van der Waals surface area contributed by atoms with Crippen LogP contribution in [0.4, 0.5) is 4.79 Å². The van der Waals surface area contributed by atoms with E-state index in [-0.39, 0.29) is 6.03 Å². The first kappa shape index (κ1) is 9.77. The number of urea groups is 1. The minimum absolute atomic E-state index is 0.200. The number of carbonyl (C=O) groups excluding carboxylic acids is 1. The summed E-state index contributed by atoms with van der Waals surface area (Å²) in [7, 11) is 1.88. The molecule has 0 spiro atoms. The molecule has 2 atom stereocenters. The second-order valence-corrected chi connectivity index (χ2v) is 4.35. The molecule has 0 radical (unpaired) electrons. The van der Waals surface area contributed by atoms with Crippen molar-refractivity contribution >= 4 is 6.03 Å². The molecule has 0 aliphatic carbocycles. The lowest BCUT2D eigenvalue weighted by molar-refractivity contribution is 0.155. The molecule has 2 aliphatic rings. The summed E-state index contributed by atoms with van der Waals surface area (Å²) < 4.78 is 0. The summed E-state index contributed by atoms with van der Waals surface area (Å²) in [5.41, 5.74) is 0. The lowest BCUT2D eigenvalue weighted by atomic mass is 9.98. The van der Waals surface area contributed by atoms with Crippen molar-refractivity contribution in [2.45, 2.75) is 31.8 Å². The van der Waals surface area contributed by atoms with Gasteiger partial charge in [0.25, 0.3) is 0 Å². The van der Waals surface area contributed by atoms with E-state index in [1.165, 1.54) is 6.42 Å². The minimum atomic E-state index is 0.200. The third-order valence-corrected chi connectivity index (χ3v) is 3.37. The number of piperidine rings is 1. The van der Waals surface area contributed by atoms with E-state index in [4.69, 9.17) is 0 Å². The van der Waals surface area contributed by atoms with E-state index < -0.39 is 0 Å². The normalized spacial score (nSPS) is 34.0. The quantitative estimate of drug-likeness (QED) is 0.664. The van der Waals surface area contributed by atoms with Gasteiger partial charge in [-0.25, -0.2) is 4.79 Å². The molecule has 2 amide bonds. The van der Waals surface area contributed by atoms with Gasteiger partial charge in [0.1, 0.15) is 0 Å². The number of hydrogen-bond acceptors (Lipinski definition) is 2. The Bertz CT molecular complexity index is 231. The molecule has 0 aromatic heterocycles. The van der Waals surface area contributed by atoms with Crippen molar-refractivity contribution in [1.82, 2.24) is 15.1 Å². The predicted octanol–water partition coefficient (Wildman–Crippen LogP) is 0.494. The highest BCUT2D eigenvalue weighted by Crippen LogP contribution is 2.19. The molecule has 0 bridgehead atoms. The van der Waals surface area contributed by atoms with Gasteiger partial charge in [-0.15, -0.1) is 0 Å². The predicted molar refractivity (Wildman–Crippen MR) is 55.2 cm³/mol. The highest BCUT2D eigenvalue weighted by molar-refractivity contribution is 5.76. The summed E-state index contributed by atoms with van der Waals surface area (Å²) in [6.07, 6.45) is 2.33. The molecular weight excluding hydrogens is 178 g/mol. The molecule has 4 nitrogen and oxygen atoms in total. The van der Waals surface area contributed by atoms with Crippen LogP contribution in [0.25, 0.3) is 0 Å². The van der Waals surface area contributed by atoms with Crippen LogP contribution in [0, 0.1) is 0 Å². The van der Waals surface area contributed by atoms with E-state index >= 15 is 0 Å². The van der Waals surface area contributed by atoms with Crippen molar-refractivity contribution in [2.24, 2.45) is 0 Å². The first-order valence-corrected chi connectivity index (χ1v) is 5.45. The van der Waals surface area contributed by atoms with Crippen LogP contribution >= 0.6 is 0 Å². The van der Waals surface area contributed by atoms with Crippen molar-refractivity contribution in [3.05, 3.63) is 0 Å². The zero-order valence-electron chi connectivity index (χ0n) is 8.99. The van der Waals surface area contributed by atoms with Crippen LogP contribution in [-0.4, -0.2) is 54.6 Å². The molecule has 2 aliphatic heterocycles. The fraction of sp³-hybridized carbons (Fsp3) is 0.900. The molecule has 0 aromatic carbocycles. The Balaban J connectivity index is 2.03. The fourth-order valence-electron chi connectivity index (χ4n) is 2.43. The fourth-order valence-corrected chi connectivity index (χ4v) is 2.43. The van der Waals surface area contributed by atoms with E-state index in [9.17, 15) is 4.79 Å². The Morgan fingerprint density at radius 1 is 1.43 bits per heavy atom. The molecule has 80 valence electrons. The van der Waals surface area contributed by atoms with E-state index in [1.54, 1.807) is 4.90 Å². The molecular formula is C10H19N3O. The summed E-state index contributed by atoms with van der Waals surface area (Å²) in [6, 6.07) is 1.05. The molecule has 0 aromatic rings. The zero-order chi connectivity index (χ0) is 10.1. The Hall–Kier alpha value is -0.770. The number of nitrogens with one attached hydrogen (secondary N) is 1. The van der Waals surface area contributed by atoms with Gasteiger partial charge in [-0.3, -0.25) is 0 Å². The van der Waals surface area contributed by atoms with Gasteiger partial charge >= 0.3 is 6.03 Å². The largest absolute Gasteiger partial charge is 0.326 e. The van der Waals surface area contributed by atoms with Gasteiger partial charge in [0, 0.05) is 32.2 Å². The summed E-state index contributed by atoms with van der Waals surface area (Å²) in [5, 5.41) is 3.43. The zero-order valence-corrected chi connectivity index (χ0v) is 8.99. The van der Waals surface area contributed by atoms with E-state index in [1.807, 2.05) is 11.9 Å². The van der Waals surface area contributed by atoms with E-state index in [0.717, 1.165) is 26.1 Å². The monoisotopic (exact) mass is 197 g/mol. The minimum Gasteiger partial charge on any atom is -0.326 e. The lowest BCUT2D eigenvalue weighted by Gasteiger charge is -2.36. The molecule has 1 N–H and O–H groups in total. The Kier molecular flexibility index (Phi) is 2.63. The van der Waals surface area contributed by atoms with Crippen LogP contribution in [0.1, 0.15) is 19.8 Å². The molecule has 2 fully saturated rings. The van der Waals surface area contributed by atoms with Gasteiger partial charge in [-0.2, -0.15) is 0 Å². The Labute approximate surface area is 85.2 Å². The van der Waals surface area contributed by atoms with Crippen LogP contribution in [0.3, 0.4) is 0 Å². The average Bonchev–Trinajstić information content (AvgIpc) is 2.49. The molecule has 2 heterocycles. The second kappa shape index (κ2) is 3.77. The van der Waals surface area contributed by atoms with Crippen molar-refractivity contribution in [3.8, 4) is 0 Å². The van der Waals surface area contributed by atoms with Gasteiger partial charge in [0.15, 0.2) is 0 Å². The summed E-state index contributed by atoms with van der Waals surface area (Å²) in [6.45, 7) is 5.04. The second-order valence-electron chi connectivity index (χ2n) is 4.35. The number of hydrogen-bond donors (Lipinski definition) is 1. The van der Waals surface area contributed by atoms with Crippen molar-refractivity contribution in [1.29, 1.82) is 0 Å². The van der Waals surface area contributed by atoms with E-state index in [0.29, 0.717) is 12.1 Å². The third-order valence-electron chi connectivity index (χ3n) is 3.37. The molecule has 4 heteroatoms. The van der Waals surface area contributed by atoms with Crippen molar-refractivity contribution in [3.63, 3.8) is 0 Å². The van der Waals surface area contributed by atoms with E-state index in [2.05, 4.69) is 12.2 Å². The number of rotatable bonds is 1. The standard InChI is InChI=1S/C10H19N3O/c1-8-9(4-3-5-11-8)13-7-6-12(2)10(13)14/h8-9,11H,3-7H2,1-2H3/t8-,9-/m1/s1. The highest BCUT2D eigenvalue weighted by Gasteiger charge is 2.35. The Morgan fingerprint density at radius 2 is 2.21 bits per heavy atom. The SMILES string of the molecule is C[C@H]1NCCC[C@H]1N1CCN(C)C1=O. The summed E-state index contributed by atoms with van der Waals surface area (Å²) in [4.78, 5) is 15.6. The number of likely N-dealkylation sites (N-methyl/N-ethyl adjacent to an activating group) is 1. The van der Waals surface area contributed by atoms with Crippen LogP contribution in [0.2, 0.25) is 0 Å². The van der Waals surface area contributed by atoms with Crippen molar-refractivity contribution in [2.75, 3.05) is 26.7 Å². The smallest absolute Gasteiger partial charge is 0.320 e. The van der Waals surface area contributed by atoms with Gasteiger partial charge in [0.05, 0.1) is 0 Å². The van der Waals surface area contributed by atoms with Crippen LogP contribution in [-0.2, 0) is 0 Å². The maximum atomic E-state index is 11.8. The molecule has 14 heavy (non-hydrogen) atoms. The maximum Gasteiger partial charge on any atom is 0.320 e. The number of amides is 2. The number of carbonyl (C=O) groups is 1. The number of nitrogens with zero attached hydrogens (tertiary/aromatic N) is 2. The lowest BCUT2D eigenvalue weighted by Crippen LogP contribution is -2.53. The third kappa shape index (κ3) is 1.59. The topological polar surface area (TPSA) is 35.6 Å². The van der Waals surface area contributed by atoms with Gasteiger partial charge in [-0.05, 0) is 26.3 Å². The van der Waals surface area contributed by atoms with Gasteiger partial charge in [-0.1, -0.05) is 0 Å². The van der Waals surface area contributed by atoms with Crippen LogP contribution in [0.5, 0.6) is 0 Å². The highest BCUT2D eigenvalue weighted by atomic mass is 16.2. The molecule has 2 rings (SSSR count). The van der Waals surface area contributed by atoms with Crippen LogP contribution in [0.15, 0.2) is 0 Å². The van der Waals surface area contributed by atoms with Crippen molar-refractivity contribution < 1.29 is 4.79 Å². The first-order valence-electron chi connectivity index (χ1n) is 5.45. The Morgan fingerprint density at radius 3 is 2.79 bits per heavy atom. The summed E-state index contributed by atoms with van der Waals surface area (Å²) >= 11 is 0. The first-order chi connectivity index (χ1) is 6.70. The summed E-state index contributed by atoms with van der Waals surface area (Å²) in [5.74, 6) is 0. The van der Waals surface area contributed by atoms with Crippen LogP contribution < -0.4 is 5.32 Å². The maximum absolute atomic E-state index is 11.8. The molecule has 0 saturated carbocycles. The van der Waals surface area contributed by atoms with Gasteiger partial charge in [0.2, 0.25) is 0 Å². The molecule has 0 unspecified atom stereocenters.